The maximum atomic E-state index is 12.1. The first-order valence-electron chi connectivity index (χ1n) is 7.74. The minimum absolute atomic E-state index is 0.0317. The molecule has 0 aliphatic carbocycles. The summed E-state index contributed by atoms with van der Waals surface area (Å²) in [5, 5.41) is 15.5. The predicted molar refractivity (Wildman–Crippen MR) is 102 cm³/mol. The summed E-state index contributed by atoms with van der Waals surface area (Å²) in [5.74, 6) is -0.540. The number of carbonyl (C=O) groups is 1. The first kappa shape index (κ1) is 18.9. The molecule has 0 aliphatic rings. The number of halogens is 2. The lowest BCUT2D eigenvalue weighted by Gasteiger charge is -2.07. The molecule has 0 fully saturated rings. The summed E-state index contributed by atoms with van der Waals surface area (Å²) in [6, 6.07) is 16.7. The van der Waals surface area contributed by atoms with Gasteiger partial charge in [0.25, 0.3) is 5.91 Å². The van der Waals surface area contributed by atoms with Gasteiger partial charge in [-0.3, -0.25) is 4.79 Å². The van der Waals surface area contributed by atoms with Crippen molar-refractivity contribution >= 4 is 34.8 Å². The van der Waals surface area contributed by atoms with Crippen LogP contribution in [0.25, 0.3) is 0 Å². The summed E-state index contributed by atoms with van der Waals surface area (Å²) in [4.78, 5) is 12.1. The van der Waals surface area contributed by atoms with Crippen molar-refractivity contribution in [3.05, 3.63) is 75.9 Å². The highest BCUT2D eigenvalue weighted by molar-refractivity contribution is 6.35. The highest BCUT2D eigenvalue weighted by Crippen LogP contribution is 2.25. The monoisotopic (exact) mass is 373 g/mol. The topological polar surface area (TPSA) is 64.9 Å². The smallest absolute Gasteiger partial charge is 0.267 e. The fraction of sp³-hybridized carbons (Fsp3) is 0.158. The molecule has 25 heavy (non-hydrogen) atoms. The Labute approximate surface area is 157 Å². The van der Waals surface area contributed by atoms with Gasteiger partial charge in [0, 0.05) is 17.8 Å². The Kier molecular flexibility index (Phi) is 7.34. The van der Waals surface area contributed by atoms with Gasteiger partial charge in [-0.1, -0.05) is 53.5 Å². The van der Waals surface area contributed by atoms with Gasteiger partial charge in [0.1, 0.15) is 11.6 Å². The zero-order chi connectivity index (χ0) is 18.1. The molecule has 4 nitrogen and oxygen atoms in total. The number of benzene rings is 2. The second-order valence-corrected chi connectivity index (χ2v) is 6.14. The molecule has 0 atom stereocenters. The van der Waals surface area contributed by atoms with Gasteiger partial charge in [-0.05, 0) is 36.6 Å². The van der Waals surface area contributed by atoms with Gasteiger partial charge in [-0.25, -0.2) is 0 Å². The zero-order valence-electron chi connectivity index (χ0n) is 13.4. The van der Waals surface area contributed by atoms with Crippen molar-refractivity contribution in [2.24, 2.45) is 0 Å². The van der Waals surface area contributed by atoms with Crippen molar-refractivity contribution in [1.82, 2.24) is 5.32 Å². The molecule has 2 rings (SSSR count). The van der Waals surface area contributed by atoms with Crippen molar-refractivity contribution in [1.29, 1.82) is 5.26 Å². The number of aryl methyl sites for hydroxylation is 1. The summed E-state index contributed by atoms with van der Waals surface area (Å²) >= 11 is 11.9. The van der Waals surface area contributed by atoms with Crippen LogP contribution in [0.3, 0.4) is 0 Å². The molecule has 2 aromatic carbocycles. The maximum Gasteiger partial charge on any atom is 0.267 e. The van der Waals surface area contributed by atoms with Crippen molar-refractivity contribution in [3.8, 4) is 6.07 Å². The van der Waals surface area contributed by atoms with E-state index in [-0.39, 0.29) is 5.57 Å². The molecule has 0 aliphatic heterocycles. The fourth-order valence-corrected chi connectivity index (χ4v) is 2.48. The summed E-state index contributed by atoms with van der Waals surface area (Å²) in [6.45, 7) is 0.658. The number of nitrogens with one attached hydrogen (secondary N) is 2. The molecule has 6 heteroatoms. The molecule has 128 valence electrons. The lowest BCUT2D eigenvalue weighted by Crippen LogP contribution is -2.17. The molecular formula is C19H17Cl2N3O. The van der Waals surface area contributed by atoms with Crippen molar-refractivity contribution < 1.29 is 4.79 Å². The molecule has 0 unspecified atom stereocenters. The number of amides is 1. The normalized spacial score (nSPS) is 10.8. The molecule has 0 radical (unpaired) electrons. The summed E-state index contributed by atoms with van der Waals surface area (Å²) in [5.41, 5.74) is 1.59. The van der Waals surface area contributed by atoms with Gasteiger partial charge in [-0.2, -0.15) is 5.26 Å². The first-order valence-corrected chi connectivity index (χ1v) is 8.49. The first-order chi connectivity index (χ1) is 12.1. The van der Waals surface area contributed by atoms with Gasteiger partial charge >= 0.3 is 0 Å². The third-order valence-corrected chi connectivity index (χ3v) is 3.98. The molecule has 0 saturated carbocycles. The van der Waals surface area contributed by atoms with Gasteiger partial charge in [0.15, 0.2) is 0 Å². The van der Waals surface area contributed by atoms with E-state index in [0.717, 1.165) is 12.8 Å². The largest absolute Gasteiger partial charge is 0.390 e. The van der Waals surface area contributed by atoms with Crippen LogP contribution < -0.4 is 10.6 Å². The third kappa shape index (κ3) is 6.15. The summed E-state index contributed by atoms with van der Waals surface area (Å²) < 4.78 is 0. The van der Waals surface area contributed by atoms with E-state index in [1.54, 1.807) is 12.1 Å². The number of hydrogen-bond acceptors (Lipinski definition) is 3. The zero-order valence-corrected chi connectivity index (χ0v) is 14.9. The van der Waals surface area contributed by atoms with E-state index in [9.17, 15) is 4.79 Å². The van der Waals surface area contributed by atoms with E-state index in [0.29, 0.717) is 22.3 Å². The van der Waals surface area contributed by atoms with E-state index >= 15 is 0 Å². The summed E-state index contributed by atoms with van der Waals surface area (Å²) in [7, 11) is 0. The van der Waals surface area contributed by atoms with Crippen LogP contribution >= 0.6 is 23.2 Å². The minimum Gasteiger partial charge on any atom is -0.390 e. The van der Waals surface area contributed by atoms with Crippen LogP contribution in [-0.2, 0) is 11.2 Å². The molecular weight excluding hydrogens is 357 g/mol. The van der Waals surface area contributed by atoms with Crippen molar-refractivity contribution in [3.63, 3.8) is 0 Å². The Morgan fingerprint density at radius 3 is 2.64 bits per heavy atom. The van der Waals surface area contributed by atoms with Crippen molar-refractivity contribution in [2.45, 2.75) is 12.8 Å². The van der Waals surface area contributed by atoms with Crippen molar-refractivity contribution in [2.75, 3.05) is 11.9 Å². The number of carbonyl (C=O) groups excluding carboxylic acids is 1. The van der Waals surface area contributed by atoms with Gasteiger partial charge in [0.05, 0.1) is 10.7 Å². The van der Waals surface area contributed by atoms with Crippen LogP contribution in [0.5, 0.6) is 0 Å². The van der Waals surface area contributed by atoms with E-state index in [1.165, 1.54) is 17.8 Å². The second-order valence-electron chi connectivity index (χ2n) is 5.29. The highest BCUT2D eigenvalue weighted by Gasteiger charge is 2.11. The molecule has 1 amide bonds. The standard InChI is InChI=1S/C19H17Cl2N3O/c20-16-8-9-17(21)18(11-16)24-19(25)15(12-22)13-23-10-4-7-14-5-2-1-3-6-14/h1-3,5-6,8-9,11,13,23H,4,7,10H2,(H,24,25)/b15-13-. The molecule has 0 saturated heterocycles. The number of nitrogens with zero attached hydrogens (tertiary/aromatic N) is 1. The van der Waals surface area contributed by atoms with Crippen LogP contribution in [0.15, 0.2) is 60.3 Å². The molecule has 0 heterocycles. The quantitative estimate of drug-likeness (QED) is 0.424. The van der Waals surface area contributed by atoms with Gasteiger partial charge in [0.2, 0.25) is 0 Å². The Bertz CT molecular complexity index is 798. The minimum atomic E-state index is -0.540. The lowest BCUT2D eigenvalue weighted by atomic mass is 10.1. The number of anilines is 1. The maximum absolute atomic E-state index is 12.1. The number of nitriles is 1. The van der Waals surface area contributed by atoms with Gasteiger partial charge < -0.3 is 10.6 Å². The average molecular weight is 374 g/mol. The third-order valence-electron chi connectivity index (χ3n) is 3.42. The van der Waals surface area contributed by atoms with Crippen LogP contribution in [0.4, 0.5) is 5.69 Å². The molecule has 2 aromatic rings. The molecule has 2 N–H and O–H groups in total. The molecule has 0 bridgehead atoms. The van der Waals surface area contributed by atoms with E-state index in [1.807, 2.05) is 24.3 Å². The number of hydrogen-bond donors (Lipinski definition) is 2. The SMILES string of the molecule is N#C/C(=C/NCCCc1ccccc1)C(=O)Nc1cc(Cl)ccc1Cl. The molecule has 0 spiro atoms. The average Bonchev–Trinajstić information content (AvgIpc) is 2.62. The van der Waals surface area contributed by atoms with Crippen LogP contribution in [-0.4, -0.2) is 12.5 Å². The van der Waals surface area contributed by atoms with Crippen LogP contribution in [0.1, 0.15) is 12.0 Å². The van der Waals surface area contributed by atoms with Gasteiger partial charge in [-0.15, -0.1) is 0 Å². The predicted octanol–water partition coefficient (Wildman–Crippen LogP) is 4.56. The van der Waals surface area contributed by atoms with E-state index in [2.05, 4.69) is 22.8 Å². The summed E-state index contributed by atoms with van der Waals surface area (Å²) in [6.07, 6.45) is 3.23. The Morgan fingerprint density at radius 1 is 1.16 bits per heavy atom. The second kappa shape index (κ2) is 9.73. The van der Waals surface area contributed by atoms with Crippen LogP contribution in [0, 0.1) is 11.3 Å². The number of rotatable bonds is 7. The van der Waals surface area contributed by atoms with E-state index in [4.69, 9.17) is 28.5 Å². The Balaban J connectivity index is 1.85. The fourth-order valence-electron chi connectivity index (χ4n) is 2.15. The Morgan fingerprint density at radius 2 is 1.92 bits per heavy atom. The van der Waals surface area contributed by atoms with E-state index < -0.39 is 5.91 Å². The molecule has 0 aromatic heterocycles. The Hall–Kier alpha value is -2.48. The highest BCUT2D eigenvalue weighted by atomic mass is 35.5. The van der Waals surface area contributed by atoms with Crippen LogP contribution in [0.2, 0.25) is 10.0 Å². The lowest BCUT2D eigenvalue weighted by molar-refractivity contribution is -0.112.